The number of halogens is 1. The quantitative estimate of drug-likeness (QED) is 0.880. The minimum atomic E-state index is -0.829. The molecule has 1 fully saturated rings. The van der Waals surface area contributed by atoms with Crippen LogP contribution in [0.15, 0.2) is 30.3 Å². The minimum absolute atomic E-state index is 0.407. The van der Waals surface area contributed by atoms with Crippen molar-refractivity contribution in [2.24, 2.45) is 0 Å². The summed E-state index contributed by atoms with van der Waals surface area (Å²) in [5.41, 5.74) is 1.72. The Morgan fingerprint density at radius 2 is 2.00 bits per heavy atom. The van der Waals surface area contributed by atoms with Gasteiger partial charge >= 0.3 is 5.97 Å². The normalized spacial score (nSPS) is 16.6. The van der Waals surface area contributed by atoms with Crippen LogP contribution in [0.4, 0.5) is 0 Å². The van der Waals surface area contributed by atoms with Crippen LogP contribution in [0, 0.1) is 6.92 Å². The van der Waals surface area contributed by atoms with Gasteiger partial charge in [0.25, 0.3) is 0 Å². The summed E-state index contributed by atoms with van der Waals surface area (Å²) in [5.74, 6) is -0.778. The van der Waals surface area contributed by atoms with Crippen LogP contribution in [0.3, 0.4) is 0 Å². The average Bonchev–Trinajstić information content (AvgIpc) is 3.13. The van der Waals surface area contributed by atoms with E-state index in [2.05, 4.69) is 10.4 Å². The molecule has 1 aromatic carbocycles. The number of aryl methyl sites for hydroxylation is 1. The van der Waals surface area contributed by atoms with Crippen molar-refractivity contribution in [2.45, 2.75) is 44.7 Å². The van der Waals surface area contributed by atoms with Gasteiger partial charge in [-0.15, -0.1) is 0 Å². The van der Waals surface area contributed by atoms with E-state index in [0.29, 0.717) is 24.5 Å². The van der Waals surface area contributed by atoms with Gasteiger partial charge in [-0.1, -0.05) is 42.6 Å². The predicted molar refractivity (Wildman–Crippen MR) is 89.0 cm³/mol. The van der Waals surface area contributed by atoms with Gasteiger partial charge in [0.2, 0.25) is 0 Å². The number of nitrogens with one attached hydrogen (secondary N) is 1. The van der Waals surface area contributed by atoms with Gasteiger partial charge in [-0.25, -0.2) is 4.68 Å². The number of carboxylic acids is 1. The Morgan fingerprint density at radius 1 is 1.35 bits per heavy atom. The molecule has 3 rings (SSSR count). The first kappa shape index (κ1) is 16.0. The second-order valence-electron chi connectivity index (χ2n) is 6.05. The zero-order valence-electron chi connectivity index (χ0n) is 13.1. The van der Waals surface area contributed by atoms with Crippen molar-refractivity contribution in [3.8, 4) is 5.69 Å². The molecule has 0 radical (unpaired) electrons. The molecule has 1 saturated carbocycles. The molecule has 23 heavy (non-hydrogen) atoms. The van der Waals surface area contributed by atoms with Crippen molar-refractivity contribution in [1.29, 1.82) is 0 Å². The molecule has 2 aromatic rings. The number of benzene rings is 1. The van der Waals surface area contributed by atoms with Crippen molar-refractivity contribution in [2.75, 3.05) is 0 Å². The summed E-state index contributed by atoms with van der Waals surface area (Å²) in [6, 6.07) is 9.67. The van der Waals surface area contributed by atoms with Gasteiger partial charge in [-0.2, -0.15) is 5.10 Å². The highest BCUT2D eigenvalue weighted by Crippen LogP contribution is 2.31. The minimum Gasteiger partial charge on any atom is -0.480 e. The van der Waals surface area contributed by atoms with Gasteiger partial charge in [-0.05, 0) is 31.9 Å². The third-order valence-corrected chi connectivity index (χ3v) is 4.98. The van der Waals surface area contributed by atoms with Crippen LogP contribution in [-0.4, -0.2) is 26.4 Å². The van der Waals surface area contributed by atoms with Gasteiger partial charge in [0, 0.05) is 12.1 Å². The van der Waals surface area contributed by atoms with Crippen LogP contribution in [0.1, 0.15) is 36.9 Å². The van der Waals surface area contributed by atoms with Crippen molar-refractivity contribution >= 4 is 17.6 Å². The third-order valence-electron chi connectivity index (χ3n) is 4.59. The highest BCUT2D eigenvalue weighted by atomic mass is 35.5. The third kappa shape index (κ3) is 2.99. The maximum absolute atomic E-state index is 11.6. The second kappa shape index (κ2) is 6.34. The van der Waals surface area contributed by atoms with Crippen LogP contribution in [0.25, 0.3) is 5.69 Å². The van der Waals surface area contributed by atoms with Crippen molar-refractivity contribution in [3.63, 3.8) is 0 Å². The fraction of sp³-hybridized carbons (Fsp3) is 0.412. The molecule has 2 N–H and O–H groups in total. The first-order valence-corrected chi connectivity index (χ1v) is 8.19. The Balaban J connectivity index is 1.84. The van der Waals surface area contributed by atoms with Crippen molar-refractivity contribution in [1.82, 2.24) is 15.1 Å². The summed E-state index contributed by atoms with van der Waals surface area (Å²) < 4.78 is 1.69. The first-order chi connectivity index (χ1) is 11.0. The summed E-state index contributed by atoms with van der Waals surface area (Å²) in [7, 11) is 0. The van der Waals surface area contributed by atoms with Crippen LogP contribution >= 0.6 is 11.6 Å². The van der Waals surface area contributed by atoms with E-state index in [1.165, 1.54) is 0 Å². The summed E-state index contributed by atoms with van der Waals surface area (Å²) in [5, 5.41) is 17.8. The van der Waals surface area contributed by atoms with E-state index in [9.17, 15) is 9.90 Å². The number of hydrogen-bond acceptors (Lipinski definition) is 3. The van der Waals surface area contributed by atoms with Gasteiger partial charge < -0.3 is 5.11 Å². The molecule has 1 aliphatic rings. The highest BCUT2D eigenvalue weighted by Gasteiger charge is 2.41. The number of hydrogen-bond donors (Lipinski definition) is 2. The molecular weight excluding hydrogens is 314 g/mol. The van der Waals surface area contributed by atoms with Gasteiger partial charge in [0.1, 0.15) is 10.7 Å². The number of rotatable bonds is 5. The molecular formula is C17H20ClN3O2. The SMILES string of the molecule is Cc1nn(-c2ccccc2)c(Cl)c1CNC1(C(=O)O)CCCC1. The lowest BCUT2D eigenvalue weighted by Gasteiger charge is -2.25. The molecule has 0 atom stereocenters. The zero-order valence-corrected chi connectivity index (χ0v) is 13.8. The van der Waals surface area contributed by atoms with Crippen molar-refractivity contribution < 1.29 is 9.90 Å². The largest absolute Gasteiger partial charge is 0.480 e. The molecule has 0 amide bonds. The lowest BCUT2D eigenvalue weighted by Crippen LogP contribution is -2.49. The number of carbonyl (C=O) groups is 1. The summed E-state index contributed by atoms with van der Waals surface area (Å²) >= 11 is 6.49. The topological polar surface area (TPSA) is 67.2 Å². The molecule has 1 aliphatic carbocycles. The molecule has 0 bridgehead atoms. The molecule has 0 saturated heterocycles. The van der Waals surface area contributed by atoms with E-state index >= 15 is 0 Å². The van der Waals surface area contributed by atoms with E-state index in [1.54, 1.807) is 4.68 Å². The Labute approximate surface area is 140 Å². The van der Waals surface area contributed by atoms with Crippen molar-refractivity contribution in [3.05, 3.63) is 46.7 Å². The fourth-order valence-corrected chi connectivity index (χ4v) is 3.51. The number of carboxylic acid groups (broad SMARTS) is 1. The van der Waals surface area contributed by atoms with Crippen LogP contribution < -0.4 is 5.32 Å². The molecule has 122 valence electrons. The Morgan fingerprint density at radius 3 is 2.61 bits per heavy atom. The maximum atomic E-state index is 11.6. The Hall–Kier alpha value is -1.85. The maximum Gasteiger partial charge on any atom is 0.323 e. The predicted octanol–water partition coefficient (Wildman–Crippen LogP) is 3.32. The lowest BCUT2D eigenvalue weighted by molar-refractivity contribution is -0.144. The summed E-state index contributed by atoms with van der Waals surface area (Å²) in [4.78, 5) is 11.6. The molecule has 0 unspecified atom stereocenters. The average molecular weight is 334 g/mol. The fourth-order valence-electron chi connectivity index (χ4n) is 3.17. The summed E-state index contributed by atoms with van der Waals surface area (Å²) in [6.07, 6.45) is 3.20. The smallest absolute Gasteiger partial charge is 0.323 e. The van der Waals surface area contributed by atoms with E-state index in [4.69, 9.17) is 11.6 Å². The summed E-state index contributed by atoms with van der Waals surface area (Å²) in [6.45, 7) is 2.30. The molecule has 6 heteroatoms. The second-order valence-corrected chi connectivity index (χ2v) is 6.41. The van der Waals surface area contributed by atoms with Gasteiger partial charge in [0.05, 0.1) is 11.4 Å². The number of aliphatic carboxylic acids is 1. The van der Waals surface area contributed by atoms with Crippen LogP contribution in [0.2, 0.25) is 5.15 Å². The Kier molecular flexibility index (Phi) is 4.41. The van der Waals surface area contributed by atoms with E-state index < -0.39 is 11.5 Å². The highest BCUT2D eigenvalue weighted by molar-refractivity contribution is 6.30. The Bertz CT molecular complexity index is 706. The van der Waals surface area contributed by atoms with Crippen LogP contribution in [0.5, 0.6) is 0 Å². The first-order valence-electron chi connectivity index (χ1n) is 7.81. The molecule has 0 spiro atoms. The standard InChI is InChI=1S/C17H20ClN3O2/c1-12-14(11-19-17(16(22)23)9-5-6-10-17)15(18)21(20-12)13-7-3-2-4-8-13/h2-4,7-8,19H,5-6,9-11H2,1H3,(H,22,23). The number of nitrogens with zero attached hydrogens (tertiary/aromatic N) is 2. The lowest BCUT2D eigenvalue weighted by atomic mass is 9.97. The van der Waals surface area contributed by atoms with E-state index in [0.717, 1.165) is 29.8 Å². The molecule has 5 nitrogen and oxygen atoms in total. The zero-order chi connectivity index (χ0) is 16.4. The van der Waals surface area contributed by atoms with E-state index in [1.807, 2.05) is 37.3 Å². The molecule has 1 heterocycles. The number of para-hydroxylation sites is 1. The van der Waals surface area contributed by atoms with E-state index in [-0.39, 0.29) is 0 Å². The number of aromatic nitrogens is 2. The van der Waals surface area contributed by atoms with Crippen LogP contribution in [-0.2, 0) is 11.3 Å². The van der Waals surface area contributed by atoms with Gasteiger partial charge in [-0.3, -0.25) is 10.1 Å². The molecule has 0 aliphatic heterocycles. The molecule has 1 aromatic heterocycles. The van der Waals surface area contributed by atoms with Gasteiger partial charge in [0.15, 0.2) is 0 Å². The monoisotopic (exact) mass is 333 g/mol.